The Kier molecular flexibility index (Phi) is 1.76. The molecule has 0 aromatic heterocycles. The molecule has 0 aliphatic carbocycles. The first-order valence-electron chi connectivity index (χ1n) is 3.48. The van der Waals surface area contributed by atoms with Gasteiger partial charge >= 0.3 is 6.03 Å². The van der Waals surface area contributed by atoms with Crippen molar-refractivity contribution in [3.63, 3.8) is 0 Å². The first-order valence-corrected chi connectivity index (χ1v) is 3.48. The van der Waals surface area contributed by atoms with E-state index in [-0.39, 0.29) is 6.03 Å². The SMILES string of the molecule is CC1=C(N)N(C)C(=O)N(C)C1. The standard InChI is InChI=1S/C7H13N3O/c1-5-4-9(2)7(11)10(3)6(5)8/h4,8H2,1-3H3. The van der Waals surface area contributed by atoms with Crippen molar-refractivity contribution in [3.05, 3.63) is 11.4 Å². The number of urea groups is 1. The highest BCUT2D eigenvalue weighted by Gasteiger charge is 2.22. The minimum atomic E-state index is -0.0481. The van der Waals surface area contributed by atoms with Gasteiger partial charge in [0.05, 0.1) is 0 Å². The maximum absolute atomic E-state index is 11.2. The van der Waals surface area contributed by atoms with Crippen LogP contribution in [0.25, 0.3) is 0 Å². The molecule has 62 valence electrons. The number of hydrogen-bond acceptors (Lipinski definition) is 2. The van der Waals surface area contributed by atoms with Crippen LogP contribution in [-0.4, -0.2) is 36.5 Å². The van der Waals surface area contributed by atoms with Crippen LogP contribution in [-0.2, 0) is 0 Å². The van der Waals surface area contributed by atoms with E-state index in [1.54, 1.807) is 19.0 Å². The Bertz CT molecular complexity index is 222. The zero-order valence-electron chi connectivity index (χ0n) is 7.09. The summed E-state index contributed by atoms with van der Waals surface area (Å²) in [4.78, 5) is 14.3. The highest BCUT2D eigenvalue weighted by atomic mass is 16.2. The number of hydrogen-bond donors (Lipinski definition) is 1. The average molecular weight is 155 g/mol. The van der Waals surface area contributed by atoms with Crippen molar-refractivity contribution < 1.29 is 4.79 Å². The first kappa shape index (κ1) is 7.91. The molecule has 0 spiro atoms. The maximum atomic E-state index is 11.2. The van der Waals surface area contributed by atoms with E-state index in [1.807, 2.05) is 6.92 Å². The summed E-state index contributed by atoms with van der Waals surface area (Å²) in [5.74, 6) is 0.577. The Labute approximate surface area is 66.3 Å². The van der Waals surface area contributed by atoms with Crippen LogP contribution in [0.1, 0.15) is 6.92 Å². The van der Waals surface area contributed by atoms with Gasteiger partial charge in [-0.05, 0) is 12.5 Å². The van der Waals surface area contributed by atoms with E-state index in [2.05, 4.69) is 0 Å². The van der Waals surface area contributed by atoms with Crippen molar-refractivity contribution >= 4 is 6.03 Å². The summed E-state index contributed by atoms with van der Waals surface area (Å²) in [6.45, 7) is 2.56. The van der Waals surface area contributed by atoms with Gasteiger partial charge in [-0.3, -0.25) is 4.90 Å². The second-order valence-electron chi connectivity index (χ2n) is 2.86. The summed E-state index contributed by atoms with van der Waals surface area (Å²) in [5.41, 5.74) is 6.67. The second-order valence-corrected chi connectivity index (χ2v) is 2.86. The van der Waals surface area contributed by atoms with Crippen LogP contribution in [0, 0.1) is 0 Å². The van der Waals surface area contributed by atoms with Crippen molar-refractivity contribution in [1.82, 2.24) is 9.80 Å². The summed E-state index contributed by atoms with van der Waals surface area (Å²) in [7, 11) is 3.44. The topological polar surface area (TPSA) is 49.6 Å². The van der Waals surface area contributed by atoms with E-state index >= 15 is 0 Å². The predicted molar refractivity (Wildman–Crippen MR) is 42.7 cm³/mol. The fraction of sp³-hybridized carbons (Fsp3) is 0.571. The lowest BCUT2D eigenvalue weighted by Crippen LogP contribution is -2.46. The third kappa shape index (κ3) is 1.15. The smallest absolute Gasteiger partial charge is 0.325 e. The van der Waals surface area contributed by atoms with Gasteiger partial charge in [0.1, 0.15) is 5.82 Å². The third-order valence-electron chi connectivity index (χ3n) is 1.89. The molecular weight excluding hydrogens is 142 g/mol. The van der Waals surface area contributed by atoms with E-state index in [0.29, 0.717) is 12.4 Å². The van der Waals surface area contributed by atoms with Crippen LogP contribution in [0.3, 0.4) is 0 Å². The van der Waals surface area contributed by atoms with Crippen LogP contribution < -0.4 is 5.73 Å². The molecule has 1 rings (SSSR count). The number of amides is 2. The molecule has 0 aromatic rings. The minimum absolute atomic E-state index is 0.0481. The summed E-state index contributed by atoms with van der Waals surface area (Å²) in [6, 6.07) is -0.0481. The second kappa shape index (κ2) is 2.45. The molecule has 0 saturated heterocycles. The van der Waals surface area contributed by atoms with Crippen molar-refractivity contribution in [2.24, 2.45) is 5.73 Å². The van der Waals surface area contributed by atoms with Gasteiger partial charge in [-0.15, -0.1) is 0 Å². The van der Waals surface area contributed by atoms with Gasteiger partial charge in [0.2, 0.25) is 0 Å². The van der Waals surface area contributed by atoms with E-state index in [0.717, 1.165) is 5.57 Å². The molecule has 1 aliphatic heterocycles. The molecule has 11 heavy (non-hydrogen) atoms. The van der Waals surface area contributed by atoms with Crippen LogP contribution in [0.4, 0.5) is 4.79 Å². The van der Waals surface area contributed by atoms with E-state index in [4.69, 9.17) is 5.73 Å². The summed E-state index contributed by atoms with van der Waals surface area (Å²) < 4.78 is 0. The largest absolute Gasteiger partial charge is 0.385 e. The quantitative estimate of drug-likeness (QED) is 0.542. The number of carbonyl (C=O) groups is 1. The van der Waals surface area contributed by atoms with Crippen molar-refractivity contribution in [3.8, 4) is 0 Å². The lowest BCUT2D eigenvalue weighted by molar-refractivity contribution is 0.179. The third-order valence-corrected chi connectivity index (χ3v) is 1.89. The van der Waals surface area contributed by atoms with Crippen molar-refractivity contribution in [2.75, 3.05) is 20.6 Å². The van der Waals surface area contributed by atoms with Gasteiger partial charge < -0.3 is 10.6 Å². The van der Waals surface area contributed by atoms with Gasteiger partial charge in [-0.1, -0.05) is 0 Å². The lowest BCUT2D eigenvalue weighted by Gasteiger charge is -2.31. The zero-order chi connectivity index (χ0) is 8.59. The monoisotopic (exact) mass is 155 g/mol. The van der Waals surface area contributed by atoms with E-state index in [1.165, 1.54) is 4.90 Å². The van der Waals surface area contributed by atoms with Crippen LogP contribution in [0.5, 0.6) is 0 Å². The van der Waals surface area contributed by atoms with Gasteiger partial charge in [0, 0.05) is 20.6 Å². The number of nitrogens with two attached hydrogens (primary N) is 1. The molecule has 0 fully saturated rings. The highest BCUT2D eigenvalue weighted by Crippen LogP contribution is 2.12. The van der Waals surface area contributed by atoms with Crippen LogP contribution >= 0.6 is 0 Å². The molecule has 0 bridgehead atoms. The lowest BCUT2D eigenvalue weighted by atomic mass is 10.2. The fourth-order valence-electron chi connectivity index (χ4n) is 1.15. The molecular formula is C7H13N3O. The van der Waals surface area contributed by atoms with Crippen LogP contribution in [0.2, 0.25) is 0 Å². The normalized spacial score (nSPS) is 19.7. The highest BCUT2D eigenvalue weighted by molar-refractivity contribution is 5.77. The molecule has 0 radical (unpaired) electrons. The van der Waals surface area contributed by atoms with E-state index in [9.17, 15) is 4.79 Å². The molecule has 1 aliphatic rings. The van der Waals surface area contributed by atoms with E-state index < -0.39 is 0 Å². The maximum Gasteiger partial charge on any atom is 0.325 e. The predicted octanol–water partition coefficient (Wildman–Crippen LogP) is 0.174. The number of nitrogens with zero attached hydrogens (tertiary/aromatic N) is 2. The number of likely N-dealkylation sites (N-methyl/N-ethyl adjacent to an activating group) is 1. The molecule has 4 heteroatoms. The molecule has 2 N–H and O–H groups in total. The average Bonchev–Trinajstić information content (AvgIpc) is 1.97. The van der Waals surface area contributed by atoms with Crippen LogP contribution in [0.15, 0.2) is 11.4 Å². The molecule has 0 atom stereocenters. The Morgan fingerprint density at radius 1 is 1.45 bits per heavy atom. The molecule has 0 unspecified atom stereocenters. The minimum Gasteiger partial charge on any atom is -0.385 e. The van der Waals surface area contributed by atoms with Gasteiger partial charge in [-0.2, -0.15) is 0 Å². The summed E-state index contributed by atoms with van der Waals surface area (Å²) in [5, 5.41) is 0. The summed E-state index contributed by atoms with van der Waals surface area (Å²) in [6.07, 6.45) is 0. The number of rotatable bonds is 0. The van der Waals surface area contributed by atoms with Crippen molar-refractivity contribution in [2.45, 2.75) is 6.92 Å². The van der Waals surface area contributed by atoms with Gasteiger partial charge in [0.25, 0.3) is 0 Å². The Morgan fingerprint density at radius 2 is 2.00 bits per heavy atom. The van der Waals surface area contributed by atoms with Gasteiger partial charge in [-0.25, -0.2) is 4.79 Å². The van der Waals surface area contributed by atoms with Gasteiger partial charge in [0.15, 0.2) is 0 Å². The molecule has 0 aromatic carbocycles. The Morgan fingerprint density at radius 3 is 2.55 bits per heavy atom. The number of carbonyl (C=O) groups excluding carboxylic acids is 1. The fourth-order valence-corrected chi connectivity index (χ4v) is 1.15. The Balaban J connectivity index is 2.95. The molecule has 4 nitrogen and oxygen atoms in total. The molecule has 1 heterocycles. The first-order chi connectivity index (χ1) is 5.04. The molecule has 2 amide bonds. The molecule has 0 saturated carbocycles. The Hall–Kier alpha value is -1.19. The van der Waals surface area contributed by atoms with Crippen molar-refractivity contribution in [1.29, 1.82) is 0 Å². The zero-order valence-corrected chi connectivity index (χ0v) is 7.09. The summed E-state index contributed by atoms with van der Waals surface area (Å²) >= 11 is 0.